The molecule has 0 amide bonds. The number of hydrogen-bond acceptors (Lipinski definition) is 2. The summed E-state index contributed by atoms with van der Waals surface area (Å²) in [5, 5.41) is 0. The van der Waals surface area contributed by atoms with E-state index in [0.29, 0.717) is 0 Å². The molecule has 4 nitrogen and oxygen atoms in total. The van der Waals surface area contributed by atoms with Gasteiger partial charge in [0.2, 0.25) is 0 Å². The van der Waals surface area contributed by atoms with Gasteiger partial charge in [-0.25, -0.2) is 4.57 Å². The van der Waals surface area contributed by atoms with Gasteiger partial charge in [0.25, 0.3) is 0 Å². The van der Waals surface area contributed by atoms with Crippen molar-refractivity contribution in [3.05, 3.63) is 5.92 Å². The molecule has 0 heterocycles. The molecule has 6 heteroatoms. The molecule has 0 aliphatic rings. The Bertz CT molecular complexity index is 319. The van der Waals surface area contributed by atoms with Gasteiger partial charge in [-0.15, -0.1) is 0 Å². The normalized spacial score (nSPS) is 11.1. The van der Waals surface area contributed by atoms with Crippen LogP contribution in [0.4, 0.5) is 0 Å². The molecule has 0 aromatic heterocycles. The van der Waals surface area contributed by atoms with E-state index in [9.17, 15) is 4.57 Å². The quantitative estimate of drug-likeness (QED) is 0.139. The molecule has 0 saturated carbocycles. The molecule has 0 bridgehead atoms. The topological polar surface area (TPSA) is 66.8 Å². The van der Waals surface area contributed by atoms with E-state index in [-0.39, 0.29) is 36.2 Å². The first-order valence-corrected chi connectivity index (χ1v) is 12.8. The Balaban J connectivity index is -0.00000113. The average molecular weight is 431 g/mol. The first-order valence-electron chi connectivity index (χ1n) is 11.3. The molecule has 0 fully saturated rings. The van der Waals surface area contributed by atoms with Crippen LogP contribution in [0.1, 0.15) is 130 Å². The summed E-state index contributed by atoms with van der Waals surface area (Å²) in [5.41, 5.74) is 0. The van der Waals surface area contributed by atoms with Crippen LogP contribution in [0, 0.1) is 5.92 Å². The van der Waals surface area contributed by atoms with Gasteiger partial charge in [0.15, 0.2) is 0 Å². The molecule has 0 aliphatic carbocycles. The number of rotatable bonds is 18. The van der Waals surface area contributed by atoms with Gasteiger partial charge in [-0.3, -0.25) is 4.52 Å². The number of phosphoric acid groups is 1. The minimum absolute atomic E-state index is 0. The van der Waals surface area contributed by atoms with E-state index in [0.717, 1.165) is 19.3 Å². The van der Waals surface area contributed by atoms with E-state index in [2.05, 4.69) is 32.2 Å². The summed E-state index contributed by atoms with van der Waals surface area (Å²) in [4.78, 5) is 17.1. The Hall–Kier alpha value is 1.11. The van der Waals surface area contributed by atoms with Crippen molar-refractivity contribution in [2.45, 2.75) is 130 Å². The van der Waals surface area contributed by atoms with E-state index in [1.165, 1.54) is 89.4 Å². The summed E-state index contributed by atoms with van der Waals surface area (Å²) in [6.07, 6.45) is 20.7. The molecule has 0 aromatic rings. The standard InChI is InChI=1S/C18H39O4P.C4H9.Na/c1-2-3-4-5-6-7-8-9-10-11-12-13-14-15-16-17-18-22-23(19,20)21;1-4(2)3;/h2-18H2,1H3,(H2,19,20,21);1-3H3;/q;-1;+1. The summed E-state index contributed by atoms with van der Waals surface area (Å²) < 4.78 is 14.9. The van der Waals surface area contributed by atoms with Crippen molar-refractivity contribution in [2.24, 2.45) is 0 Å². The molecule has 0 spiro atoms. The Morgan fingerprint density at radius 2 is 0.893 bits per heavy atom. The molecule has 2 N–H and O–H groups in total. The Morgan fingerprint density at radius 3 is 1.14 bits per heavy atom. The van der Waals surface area contributed by atoms with Crippen LogP contribution in [-0.2, 0) is 9.09 Å². The summed E-state index contributed by atoms with van der Waals surface area (Å²) >= 11 is 0. The van der Waals surface area contributed by atoms with Crippen LogP contribution in [0.5, 0.6) is 0 Å². The number of unbranched alkanes of at least 4 members (excludes halogenated alkanes) is 15. The van der Waals surface area contributed by atoms with E-state index >= 15 is 0 Å². The Kier molecular flexibility index (Phi) is 31.5. The second-order valence-electron chi connectivity index (χ2n) is 8.13. The predicted molar refractivity (Wildman–Crippen MR) is 118 cm³/mol. The maximum absolute atomic E-state index is 10.5. The second kappa shape index (κ2) is 26.1. The van der Waals surface area contributed by atoms with Crippen molar-refractivity contribution >= 4 is 7.82 Å². The molecule has 0 aromatic carbocycles. The van der Waals surface area contributed by atoms with Gasteiger partial charge in [-0.05, 0) is 6.42 Å². The van der Waals surface area contributed by atoms with Crippen LogP contribution in [0.3, 0.4) is 0 Å². The van der Waals surface area contributed by atoms with Gasteiger partial charge < -0.3 is 15.7 Å². The maximum Gasteiger partial charge on any atom is 1.00 e. The molecule has 0 aliphatic heterocycles. The summed E-state index contributed by atoms with van der Waals surface area (Å²) in [6.45, 7) is 8.68. The van der Waals surface area contributed by atoms with E-state index in [1.807, 2.05) is 0 Å². The zero-order valence-electron chi connectivity index (χ0n) is 19.7. The first kappa shape index (κ1) is 33.7. The van der Waals surface area contributed by atoms with Crippen LogP contribution >= 0.6 is 7.82 Å². The molecule has 0 rings (SSSR count). The largest absolute Gasteiger partial charge is 1.00 e. The molecule has 166 valence electrons. The van der Waals surface area contributed by atoms with E-state index in [4.69, 9.17) is 9.79 Å². The van der Waals surface area contributed by atoms with Gasteiger partial charge in [-0.2, -0.15) is 20.8 Å². The third-order valence-corrected chi connectivity index (χ3v) is 4.78. The third-order valence-electron chi connectivity index (χ3n) is 4.26. The zero-order valence-corrected chi connectivity index (χ0v) is 22.6. The van der Waals surface area contributed by atoms with Crippen molar-refractivity contribution in [3.63, 3.8) is 0 Å². The molecule has 0 saturated heterocycles. The summed E-state index contributed by atoms with van der Waals surface area (Å²) in [5.74, 6) is 1.42. The fourth-order valence-electron chi connectivity index (χ4n) is 2.83. The minimum Gasteiger partial charge on any atom is -0.323 e. The maximum atomic E-state index is 10.5. The van der Waals surface area contributed by atoms with Crippen LogP contribution in [0.15, 0.2) is 0 Å². The summed E-state index contributed by atoms with van der Waals surface area (Å²) in [6, 6.07) is 0. The molecule has 0 radical (unpaired) electrons. The molecule has 28 heavy (non-hydrogen) atoms. The van der Waals surface area contributed by atoms with Crippen LogP contribution < -0.4 is 29.6 Å². The van der Waals surface area contributed by atoms with Crippen LogP contribution in [0.25, 0.3) is 0 Å². The van der Waals surface area contributed by atoms with Gasteiger partial charge in [0.1, 0.15) is 0 Å². The van der Waals surface area contributed by atoms with Crippen molar-refractivity contribution in [1.82, 2.24) is 0 Å². The van der Waals surface area contributed by atoms with E-state index < -0.39 is 7.82 Å². The van der Waals surface area contributed by atoms with Crippen molar-refractivity contribution < 1.29 is 48.4 Å². The number of hydrogen-bond donors (Lipinski definition) is 2. The third kappa shape index (κ3) is 41.5. The van der Waals surface area contributed by atoms with Crippen LogP contribution in [-0.4, -0.2) is 16.4 Å². The molecular formula is C22H48NaO4P. The first-order chi connectivity index (χ1) is 12.8. The average Bonchev–Trinajstić information content (AvgIpc) is 2.56. The van der Waals surface area contributed by atoms with Gasteiger partial charge in [0.05, 0.1) is 6.61 Å². The second-order valence-corrected chi connectivity index (χ2v) is 9.37. The van der Waals surface area contributed by atoms with Gasteiger partial charge in [-0.1, -0.05) is 103 Å². The smallest absolute Gasteiger partial charge is 0.323 e. The summed E-state index contributed by atoms with van der Waals surface area (Å²) in [7, 11) is -4.26. The van der Waals surface area contributed by atoms with Crippen molar-refractivity contribution in [2.75, 3.05) is 6.61 Å². The Morgan fingerprint density at radius 1 is 0.643 bits per heavy atom. The molecule has 0 unspecified atom stereocenters. The number of phosphoric ester groups is 1. The Labute approximate surface area is 198 Å². The predicted octanol–water partition coefficient (Wildman–Crippen LogP) is 4.98. The van der Waals surface area contributed by atoms with Crippen molar-refractivity contribution in [3.8, 4) is 0 Å². The fourth-order valence-corrected chi connectivity index (χ4v) is 3.20. The SMILES string of the molecule is CCCCCCCCCCCCCCCCCCOP(=O)(O)O.C[C-](C)C.[Na+]. The molecule has 0 atom stereocenters. The zero-order chi connectivity index (χ0) is 20.8. The fraction of sp³-hybridized carbons (Fsp3) is 0.955. The van der Waals surface area contributed by atoms with Crippen LogP contribution in [0.2, 0.25) is 0 Å². The van der Waals surface area contributed by atoms with Gasteiger partial charge in [0, 0.05) is 0 Å². The van der Waals surface area contributed by atoms with E-state index in [1.54, 1.807) is 0 Å². The van der Waals surface area contributed by atoms with Crippen molar-refractivity contribution in [1.29, 1.82) is 0 Å². The molecular weight excluding hydrogens is 382 g/mol. The monoisotopic (exact) mass is 430 g/mol. The van der Waals surface area contributed by atoms with Gasteiger partial charge >= 0.3 is 37.4 Å². The minimum atomic E-state index is -4.26.